The molecule has 0 amide bonds. The van der Waals surface area contributed by atoms with Crippen molar-refractivity contribution >= 4 is 5.97 Å². The van der Waals surface area contributed by atoms with Gasteiger partial charge in [0.25, 0.3) is 0 Å². The van der Waals surface area contributed by atoms with E-state index in [-0.39, 0.29) is 11.8 Å². The molecule has 3 atom stereocenters. The predicted molar refractivity (Wildman–Crippen MR) is 70.0 cm³/mol. The fourth-order valence-corrected chi connectivity index (χ4v) is 2.17. The van der Waals surface area contributed by atoms with E-state index in [0.29, 0.717) is 0 Å². The Balaban J connectivity index is 3.06. The summed E-state index contributed by atoms with van der Waals surface area (Å²) in [7, 11) is 0. The number of carboxylic acids is 1. The molecule has 2 unspecified atom stereocenters. The van der Waals surface area contributed by atoms with E-state index in [4.69, 9.17) is 0 Å². The van der Waals surface area contributed by atoms with Crippen LogP contribution < -0.4 is 0 Å². The van der Waals surface area contributed by atoms with E-state index < -0.39 is 11.9 Å². The Bertz CT molecular complexity index is 370. The lowest BCUT2D eigenvalue weighted by atomic mass is 9.77. The van der Waals surface area contributed by atoms with Gasteiger partial charge in [0.15, 0.2) is 0 Å². The first-order chi connectivity index (χ1) is 8.11. The number of benzene rings is 1. The van der Waals surface area contributed by atoms with Gasteiger partial charge in [-0.25, -0.2) is 0 Å². The summed E-state index contributed by atoms with van der Waals surface area (Å²) in [6, 6.07) is 9.72. The summed E-state index contributed by atoms with van der Waals surface area (Å²) < 4.78 is 0. The maximum atomic E-state index is 11.4. The monoisotopic (exact) mass is 232 g/mol. The minimum atomic E-state index is -0.742. The van der Waals surface area contributed by atoms with Crippen LogP contribution in [-0.2, 0) is 4.79 Å². The van der Waals surface area contributed by atoms with Crippen molar-refractivity contribution in [3.8, 4) is 0 Å². The van der Waals surface area contributed by atoms with Crippen LogP contribution in [0.25, 0.3) is 0 Å². The molecule has 0 spiro atoms. The molecule has 2 heteroatoms. The lowest BCUT2D eigenvalue weighted by Crippen LogP contribution is -2.27. The molecule has 0 saturated carbocycles. The van der Waals surface area contributed by atoms with E-state index in [1.165, 1.54) is 0 Å². The topological polar surface area (TPSA) is 37.3 Å². The number of aliphatic carboxylic acids is 1. The lowest BCUT2D eigenvalue weighted by molar-refractivity contribution is -0.144. The molecule has 17 heavy (non-hydrogen) atoms. The van der Waals surface area contributed by atoms with Crippen LogP contribution in [0.4, 0.5) is 0 Å². The highest BCUT2D eigenvalue weighted by atomic mass is 16.4. The summed E-state index contributed by atoms with van der Waals surface area (Å²) in [6.45, 7) is 7.80. The summed E-state index contributed by atoms with van der Waals surface area (Å²) in [4.78, 5) is 11.4. The van der Waals surface area contributed by atoms with Crippen molar-refractivity contribution in [1.82, 2.24) is 0 Å². The van der Waals surface area contributed by atoms with Gasteiger partial charge in [-0.15, -0.1) is 6.58 Å². The van der Waals surface area contributed by atoms with Crippen LogP contribution in [0.2, 0.25) is 0 Å². The second-order valence-electron chi connectivity index (χ2n) is 4.42. The number of hydrogen-bond donors (Lipinski definition) is 1. The number of rotatable bonds is 6. The molecule has 0 aliphatic heterocycles. The molecular formula is C15H20O2. The zero-order chi connectivity index (χ0) is 12.8. The average Bonchev–Trinajstić information content (AvgIpc) is 2.35. The molecule has 0 radical (unpaired) electrons. The molecular weight excluding hydrogens is 212 g/mol. The van der Waals surface area contributed by atoms with Gasteiger partial charge in [-0.3, -0.25) is 4.79 Å². The first kappa shape index (κ1) is 13.5. The van der Waals surface area contributed by atoms with E-state index in [2.05, 4.69) is 6.58 Å². The average molecular weight is 232 g/mol. The third-order valence-corrected chi connectivity index (χ3v) is 3.37. The van der Waals surface area contributed by atoms with Gasteiger partial charge in [-0.05, 0) is 11.5 Å². The van der Waals surface area contributed by atoms with Crippen LogP contribution in [0.15, 0.2) is 43.0 Å². The summed E-state index contributed by atoms with van der Waals surface area (Å²) in [5.41, 5.74) is 1.02. The van der Waals surface area contributed by atoms with E-state index in [1.807, 2.05) is 44.2 Å². The summed E-state index contributed by atoms with van der Waals surface area (Å²) in [6.07, 6.45) is 2.61. The van der Waals surface area contributed by atoms with E-state index in [9.17, 15) is 9.90 Å². The fraction of sp³-hybridized carbons (Fsp3) is 0.400. The summed E-state index contributed by atoms with van der Waals surface area (Å²) in [5.74, 6) is -1.13. The lowest BCUT2D eigenvalue weighted by Gasteiger charge is -2.26. The van der Waals surface area contributed by atoms with Crippen molar-refractivity contribution in [2.75, 3.05) is 0 Å². The number of carboxylic acid groups (broad SMARTS) is 1. The van der Waals surface area contributed by atoms with E-state index >= 15 is 0 Å². The molecule has 2 nitrogen and oxygen atoms in total. The van der Waals surface area contributed by atoms with Crippen LogP contribution in [0.5, 0.6) is 0 Å². The number of allylic oxidation sites excluding steroid dienone is 1. The van der Waals surface area contributed by atoms with Crippen molar-refractivity contribution < 1.29 is 9.90 Å². The predicted octanol–water partition coefficient (Wildman–Crippen LogP) is 3.70. The maximum absolute atomic E-state index is 11.4. The highest BCUT2D eigenvalue weighted by Crippen LogP contribution is 2.32. The van der Waals surface area contributed by atoms with Gasteiger partial charge in [0.2, 0.25) is 0 Å². The molecule has 0 aromatic heterocycles. The van der Waals surface area contributed by atoms with E-state index in [1.54, 1.807) is 6.08 Å². The smallest absolute Gasteiger partial charge is 0.307 e. The summed E-state index contributed by atoms with van der Waals surface area (Å²) in [5, 5.41) is 9.39. The van der Waals surface area contributed by atoms with Crippen LogP contribution in [0.3, 0.4) is 0 Å². The first-order valence-electron chi connectivity index (χ1n) is 6.02. The zero-order valence-corrected chi connectivity index (χ0v) is 10.5. The molecule has 0 aliphatic carbocycles. The molecule has 0 saturated heterocycles. The van der Waals surface area contributed by atoms with Gasteiger partial charge >= 0.3 is 5.97 Å². The maximum Gasteiger partial charge on any atom is 0.307 e. The SMILES string of the molecule is C=CC(c1ccccc1)C(C(=O)O)[C@@H](C)CC. The van der Waals surface area contributed by atoms with Crippen LogP contribution in [0.1, 0.15) is 31.7 Å². The Labute approximate surface area is 103 Å². The van der Waals surface area contributed by atoms with Gasteiger partial charge in [0.05, 0.1) is 5.92 Å². The molecule has 1 N–H and O–H groups in total. The second kappa shape index (κ2) is 6.24. The van der Waals surface area contributed by atoms with Crippen molar-refractivity contribution in [1.29, 1.82) is 0 Å². The van der Waals surface area contributed by atoms with Crippen molar-refractivity contribution in [2.24, 2.45) is 11.8 Å². The van der Waals surface area contributed by atoms with Crippen LogP contribution in [0, 0.1) is 11.8 Å². The Kier molecular flexibility index (Phi) is 4.95. The molecule has 1 rings (SSSR count). The largest absolute Gasteiger partial charge is 0.481 e. The quantitative estimate of drug-likeness (QED) is 0.759. The van der Waals surface area contributed by atoms with Gasteiger partial charge in [-0.1, -0.05) is 56.7 Å². The van der Waals surface area contributed by atoms with Gasteiger partial charge < -0.3 is 5.11 Å². The summed E-state index contributed by atoms with van der Waals surface area (Å²) >= 11 is 0. The molecule has 92 valence electrons. The van der Waals surface area contributed by atoms with Gasteiger partial charge in [0, 0.05) is 5.92 Å². The van der Waals surface area contributed by atoms with Gasteiger partial charge in [-0.2, -0.15) is 0 Å². The Hall–Kier alpha value is -1.57. The molecule has 1 aromatic carbocycles. The van der Waals surface area contributed by atoms with Crippen molar-refractivity contribution in [3.05, 3.63) is 48.6 Å². The second-order valence-corrected chi connectivity index (χ2v) is 4.42. The standard InChI is InChI=1S/C15H20O2/c1-4-11(3)14(15(16)17)13(5-2)12-9-7-6-8-10-12/h5-11,13-14H,2,4H2,1,3H3,(H,16,17)/t11-,13?,14?/m0/s1. The van der Waals surface area contributed by atoms with Crippen LogP contribution in [-0.4, -0.2) is 11.1 Å². The minimum Gasteiger partial charge on any atom is -0.481 e. The fourth-order valence-electron chi connectivity index (χ4n) is 2.17. The highest BCUT2D eigenvalue weighted by molar-refractivity contribution is 5.72. The zero-order valence-electron chi connectivity index (χ0n) is 10.5. The molecule has 1 aromatic rings. The molecule has 0 fully saturated rings. The Morgan fingerprint density at radius 3 is 2.41 bits per heavy atom. The third-order valence-electron chi connectivity index (χ3n) is 3.37. The van der Waals surface area contributed by atoms with Crippen molar-refractivity contribution in [2.45, 2.75) is 26.2 Å². The van der Waals surface area contributed by atoms with E-state index in [0.717, 1.165) is 12.0 Å². The number of carbonyl (C=O) groups is 1. The van der Waals surface area contributed by atoms with Crippen LogP contribution >= 0.6 is 0 Å². The molecule has 0 bridgehead atoms. The first-order valence-corrected chi connectivity index (χ1v) is 6.02. The number of hydrogen-bond acceptors (Lipinski definition) is 1. The van der Waals surface area contributed by atoms with Crippen molar-refractivity contribution in [3.63, 3.8) is 0 Å². The normalized spacial score (nSPS) is 15.9. The Morgan fingerprint density at radius 1 is 1.41 bits per heavy atom. The minimum absolute atomic E-state index is 0.122. The molecule has 0 heterocycles. The van der Waals surface area contributed by atoms with Gasteiger partial charge in [0.1, 0.15) is 0 Å². The Morgan fingerprint density at radius 2 is 2.00 bits per heavy atom. The highest BCUT2D eigenvalue weighted by Gasteiger charge is 2.31. The third kappa shape index (κ3) is 3.19. The molecule has 0 aliphatic rings.